The van der Waals surface area contributed by atoms with Crippen LogP contribution in [0.15, 0.2) is 60.9 Å². The Morgan fingerprint density at radius 3 is 1.83 bits per heavy atom. The third-order valence-electron chi connectivity index (χ3n) is 7.64. The lowest BCUT2D eigenvalue weighted by atomic mass is 10.0. The highest BCUT2D eigenvalue weighted by atomic mass is 32.1. The summed E-state index contributed by atoms with van der Waals surface area (Å²) in [5.41, 5.74) is 3.38. The normalized spacial score (nSPS) is 17.0. The number of hydrogen-bond acceptors (Lipinski definition) is 6. The summed E-state index contributed by atoms with van der Waals surface area (Å²) in [6, 6.07) is 11.5. The van der Waals surface area contributed by atoms with Gasteiger partial charge in [-0.05, 0) is 42.6 Å². The minimum Gasteiger partial charge on any atom is -0.480 e. The molecule has 0 bridgehead atoms. The van der Waals surface area contributed by atoms with Crippen molar-refractivity contribution in [3.05, 3.63) is 72.1 Å². The summed E-state index contributed by atoms with van der Waals surface area (Å²) in [6.45, 7) is 0.722. The highest BCUT2D eigenvalue weighted by molar-refractivity contribution is 7.80. The maximum absolute atomic E-state index is 13.9. The average Bonchev–Trinajstić information content (AvgIpc) is 3.76. The standard InChI is InChI=1S/C30H34N6O5S/c37-27(23-10-5-11-31-23)34-24(12-17-14-32-21-8-3-1-6-19(17)21)28(38)35-25(29(39)36-26(16-42)30(40)41)13-18-15-33-22-9-4-2-7-20(18)22/h1-4,6-9,14-15,23-26,31-33,42H,5,10-13,16H2,(H,34,37)(H,35,38)(H,36,39)(H,40,41). The SMILES string of the molecule is O=C(O)C(CS)NC(=O)C(Cc1c[nH]c2ccccc12)NC(=O)C(Cc1c[nH]c2ccccc12)NC(=O)C1CCCN1. The van der Waals surface area contributed by atoms with Crippen molar-refractivity contribution >= 4 is 58.1 Å². The van der Waals surface area contributed by atoms with Crippen molar-refractivity contribution in [1.82, 2.24) is 31.2 Å². The number of carbonyl (C=O) groups excluding carboxylic acids is 3. The Kier molecular flexibility index (Phi) is 9.13. The fourth-order valence-corrected chi connectivity index (χ4v) is 5.62. The maximum Gasteiger partial charge on any atom is 0.327 e. The number of fused-ring (bicyclic) bond motifs is 2. The third kappa shape index (κ3) is 6.60. The molecule has 4 aromatic rings. The molecular weight excluding hydrogens is 556 g/mol. The molecule has 4 atom stereocenters. The summed E-state index contributed by atoms with van der Waals surface area (Å²) < 4.78 is 0. The summed E-state index contributed by atoms with van der Waals surface area (Å²) in [7, 11) is 0. The molecule has 1 aliphatic rings. The number of amides is 3. The van der Waals surface area contributed by atoms with Crippen LogP contribution in [-0.2, 0) is 32.0 Å². The van der Waals surface area contributed by atoms with Gasteiger partial charge in [0.1, 0.15) is 18.1 Å². The van der Waals surface area contributed by atoms with Crippen molar-refractivity contribution in [2.24, 2.45) is 0 Å². The number of benzene rings is 2. The number of carboxylic acids is 1. The topological polar surface area (TPSA) is 168 Å². The van der Waals surface area contributed by atoms with Crippen LogP contribution >= 0.6 is 12.6 Å². The zero-order valence-corrected chi connectivity index (χ0v) is 23.7. The van der Waals surface area contributed by atoms with E-state index >= 15 is 0 Å². The lowest BCUT2D eigenvalue weighted by Gasteiger charge is -2.25. The Bertz CT molecular complexity index is 1590. The van der Waals surface area contributed by atoms with Gasteiger partial charge in [0, 0.05) is 52.8 Å². The van der Waals surface area contributed by atoms with Gasteiger partial charge in [0.25, 0.3) is 0 Å². The van der Waals surface area contributed by atoms with Crippen molar-refractivity contribution in [3.63, 3.8) is 0 Å². The molecule has 220 valence electrons. The first-order valence-corrected chi connectivity index (χ1v) is 14.6. The van der Waals surface area contributed by atoms with E-state index in [0.29, 0.717) is 6.42 Å². The first kappa shape index (κ1) is 29.2. The fraction of sp³-hybridized carbons (Fsp3) is 0.333. The number of thiol groups is 1. The van der Waals surface area contributed by atoms with Crippen molar-refractivity contribution in [1.29, 1.82) is 0 Å². The second-order valence-corrected chi connectivity index (χ2v) is 10.8. The van der Waals surface area contributed by atoms with E-state index < -0.39 is 42.0 Å². The number of aliphatic carboxylic acids is 1. The lowest BCUT2D eigenvalue weighted by molar-refractivity contribution is -0.141. The lowest BCUT2D eigenvalue weighted by Crippen LogP contribution is -2.58. The van der Waals surface area contributed by atoms with E-state index in [1.54, 1.807) is 6.20 Å². The first-order valence-electron chi connectivity index (χ1n) is 13.9. The molecule has 0 radical (unpaired) electrons. The van der Waals surface area contributed by atoms with Crippen LogP contribution in [0.3, 0.4) is 0 Å². The van der Waals surface area contributed by atoms with Crippen LogP contribution in [0.25, 0.3) is 21.8 Å². The number of H-pyrrole nitrogens is 2. The van der Waals surface area contributed by atoms with Gasteiger partial charge in [0.15, 0.2) is 0 Å². The van der Waals surface area contributed by atoms with Crippen LogP contribution in [-0.4, -0.2) is 75.2 Å². The second-order valence-electron chi connectivity index (χ2n) is 10.5. The van der Waals surface area contributed by atoms with E-state index in [0.717, 1.165) is 45.9 Å². The molecule has 2 aromatic heterocycles. The Morgan fingerprint density at radius 1 is 0.810 bits per heavy atom. The number of hydrogen-bond donors (Lipinski definition) is 8. The minimum absolute atomic E-state index is 0.0957. The monoisotopic (exact) mass is 590 g/mol. The van der Waals surface area contributed by atoms with Crippen LogP contribution in [0.1, 0.15) is 24.0 Å². The number of aromatic nitrogens is 2. The number of aromatic amines is 2. The summed E-state index contributed by atoms with van der Waals surface area (Å²) in [6.07, 6.45) is 5.38. The Hall–Kier alpha value is -4.29. The van der Waals surface area contributed by atoms with Crippen LogP contribution in [0.5, 0.6) is 0 Å². The van der Waals surface area contributed by atoms with Gasteiger partial charge in [-0.25, -0.2) is 4.79 Å². The molecule has 0 spiro atoms. The number of carbonyl (C=O) groups is 4. The molecule has 5 rings (SSSR count). The van der Waals surface area contributed by atoms with E-state index in [2.05, 4.69) is 43.9 Å². The van der Waals surface area contributed by atoms with Gasteiger partial charge in [0.2, 0.25) is 17.7 Å². The number of para-hydroxylation sites is 2. The third-order valence-corrected chi connectivity index (χ3v) is 8.00. The molecule has 3 amide bonds. The smallest absolute Gasteiger partial charge is 0.327 e. The summed E-state index contributed by atoms with van der Waals surface area (Å²) >= 11 is 4.05. The van der Waals surface area contributed by atoms with Crippen molar-refractivity contribution in [2.75, 3.05) is 12.3 Å². The maximum atomic E-state index is 13.9. The zero-order valence-electron chi connectivity index (χ0n) is 22.9. The summed E-state index contributed by atoms with van der Waals surface area (Å²) in [4.78, 5) is 58.4. The molecule has 3 heterocycles. The molecule has 11 nitrogen and oxygen atoms in total. The van der Waals surface area contributed by atoms with Crippen molar-refractivity contribution in [2.45, 2.75) is 49.9 Å². The second kappa shape index (κ2) is 13.1. The fourth-order valence-electron chi connectivity index (χ4n) is 5.37. The molecule has 4 unspecified atom stereocenters. The van der Waals surface area contributed by atoms with Gasteiger partial charge in [-0.15, -0.1) is 0 Å². The molecular formula is C30H34N6O5S. The van der Waals surface area contributed by atoms with Crippen LogP contribution in [0.4, 0.5) is 0 Å². The van der Waals surface area contributed by atoms with Crippen LogP contribution in [0, 0.1) is 0 Å². The van der Waals surface area contributed by atoms with Crippen LogP contribution in [0.2, 0.25) is 0 Å². The van der Waals surface area contributed by atoms with E-state index in [1.165, 1.54) is 0 Å². The molecule has 1 aliphatic heterocycles. The number of carboxylic acid groups (broad SMARTS) is 1. The van der Waals surface area contributed by atoms with Crippen molar-refractivity contribution in [3.8, 4) is 0 Å². The first-order chi connectivity index (χ1) is 20.3. The van der Waals surface area contributed by atoms with Gasteiger partial charge in [0.05, 0.1) is 6.04 Å². The largest absolute Gasteiger partial charge is 0.480 e. The van der Waals surface area contributed by atoms with Crippen molar-refractivity contribution < 1.29 is 24.3 Å². The minimum atomic E-state index is -1.24. The average molecular weight is 591 g/mol. The molecule has 2 aromatic carbocycles. The highest BCUT2D eigenvalue weighted by Gasteiger charge is 2.32. The molecule has 1 saturated heterocycles. The van der Waals surface area contributed by atoms with E-state index in [4.69, 9.17) is 0 Å². The van der Waals surface area contributed by atoms with Gasteiger partial charge in [-0.1, -0.05) is 36.4 Å². The summed E-state index contributed by atoms with van der Waals surface area (Å²) in [5.74, 6) is -2.85. The van der Waals surface area contributed by atoms with Gasteiger partial charge in [-0.3, -0.25) is 14.4 Å². The van der Waals surface area contributed by atoms with E-state index in [1.807, 2.05) is 54.7 Å². The van der Waals surface area contributed by atoms with Crippen LogP contribution < -0.4 is 21.3 Å². The molecule has 42 heavy (non-hydrogen) atoms. The summed E-state index contributed by atoms with van der Waals surface area (Å²) in [5, 5.41) is 22.6. The number of nitrogens with one attached hydrogen (secondary N) is 6. The quantitative estimate of drug-likeness (QED) is 0.117. The molecule has 1 fully saturated rings. The van der Waals surface area contributed by atoms with Gasteiger partial charge >= 0.3 is 5.97 Å². The Balaban J connectivity index is 1.42. The van der Waals surface area contributed by atoms with E-state index in [-0.39, 0.29) is 24.5 Å². The predicted octanol–water partition coefficient (Wildman–Crippen LogP) is 1.66. The molecule has 12 heteroatoms. The Morgan fingerprint density at radius 2 is 1.33 bits per heavy atom. The Labute approximate surface area is 247 Å². The highest BCUT2D eigenvalue weighted by Crippen LogP contribution is 2.21. The van der Waals surface area contributed by atoms with Gasteiger partial charge in [-0.2, -0.15) is 12.6 Å². The predicted molar refractivity (Wildman–Crippen MR) is 162 cm³/mol. The molecule has 0 saturated carbocycles. The zero-order chi connectivity index (χ0) is 29.6. The molecule has 7 N–H and O–H groups in total. The number of rotatable bonds is 12. The van der Waals surface area contributed by atoms with E-state index in [9.17, 15) is 24.3 Å². The molecule has 0 aliphatic carbocycles. The van der Waals surface area contributed by atoms with Gasteiger partial charge < -0.3 is 36.3 Å².